The van der Waals surface area contributed by atoms with Crippen LogP contribution in [0.5, 0.6) is 0 Å². The quantitative estimate of drug-likeness (QED) is 0.477. The summed E-state index contributed by atoms with van der Waals surface area (Å²) in [6.45, 7) is 7.26. The molecule has 0 unspecified atom stereocenters. The molecule has 0 saturated carbocycles. The molecule has 0 aromatic heterocycles. The first-order chi connectivity index (χ1) is 15.3. The van der Waals surface area contributed by atoms with E-state index in [1.807, 2.05) is 4.90 Å². The lowest BCUT2D eigenvalue weighted by Crippen LogP contribution is -2.42. The van der Waals surface area contributed by atoms with Gasteiger partial charge in [0.05, 0.1) is 16.1 Å². The Morgan fingerprint density at radius 2 is 1.91 bits per heavy atom. The summed E-state index contributed by atoms with van der Waals surface area (Å²) >= 11 is 12.0. The lowest BCUT2D eigenvalue weighted by Gasteiger charge is -2.34. The van der Waals surface area contributed by atoms with Crippen molar-refractivity contribution < 1.29 is 14.7 Å². The highest BCUT2D eigenvalue weighted by molar-refractivity contribution is 6.42. The largest absolute Gasteiger partial charge is 0.393 e. The maximum absolute atomic E-state index is 12.6. The van der Waals surface area contributed by atoms with E-state index in [4.69, 9.17) is 23.2 Å². The van der Waals surface area contributed by atoms with E-state index in [1.165, 1.54) is 6.08 Å². The number of benzene rings is 1. The van der Waals surface area contributed by atoms with Crippen LogP contribution in [0, 0.1) is 5.92 Å². The van der Waals surface area contributed by atoms with Gasteiger partial charge in [-0.2, -0.15) is 0 Å². The number of likely N-dealkylation sites (tertiary alicyclic amines) is 1. The summed E-state index contributed by atoms with van der Waals surface area (Å²) in [6, 6.07) is 5.22. The molecule has 2 aliphatic rings. The number of halogens is 2. The Morgan fingerprint density at radius 3 is 2.66 bits per heavy atom. The van der Waals surface area contributed by atoms with Gasteiger partial charge >= 0.3 is 0 Å². The highest BCUT2D eigenvalue weighted by atomic mass is 35.5. The van der Waals surface area contributed by atoms with E-state index in [0.717, 1.165) is 51.0 Å². The van der Waals surface area contributed by atoms with Crippen molar-refractivity contribution in [3.05, 3.63) is 39.9 Å². The van der Waals surface area contributed by atoms with Crippen molar-refractivity contribution in [1.82, 2.24) is 14.7 Å². The zero-order valence-corrected chi connectivity index (χ0v) is 20.2. The summed E-state index contributed by atoms with van der Waals surface area (Å²) in [4.78, 5) is 31.1. The van der Waals surface area contributed by atoms with Crippen LogP contribution in [0.3, 0.4) is 0 Å². The van der Waals surface area contributed by atoms with Gasteiger partial charge in [-0.05, 0) is 55.5 Å². The number of carbonyl (C=O) groups is 2. The van der Waals surface area contributed by atoms with Crippen molar-refractivity contribution in [3.8, 4) is 0 Å². The molecule has 6 nitrogen and oxygen atoms in total. The van der Waals surface area contributed by atoms with Crippen LogP contribution in [0.25, 0.3) is 6.08 Å². The van der Waals surface area contributed by atoms with Crippen molar-refractivity contribution in [2.75, 3.05) is 45.8 Å². The van der Waals surface area contributed by atoms with Crippen LogP contribution in [0.4, 0.5) is 0 Å². The molecular weight excluding hydrogens is 449 g/mol. The summed E-state index contributed by atoms with van der Waals surface area (Å²) in [7, 11) is 0. The average molecular weight is 482 g/mol. The van der Waals surface area contributed by atoms with Gasteiger partial charge in [0.25, 0.3) is 0 Å². The second-order valence-electron chi connectivity index (χ2n) is 8.80. The summed E-state index contributed by atoms with van der Waals surface area (Å²) in [5.41, 5.74) is 0.804. The molecule has 2 heterocycles. The number of amides is 2. The molecule has 2 saturated heterocycles. The molecule has 1 aromatic carbocycles. The third kappa shape index (κ3) is 7.20. The van der Waals surface area contributed by atoms with Crippen LogP contribution in [0.15, 0.2) is 24.3 Å². The smallest absolute Gasteiger partial charge is 0.246 e. The second-order valence-corrected chi connectivity index (χ2v) is 9.62. The fourth-order valence-electron chi connectivity index (χ4n) is 4.27. The van der Waals surface area contributed by atoms with Gasteiger partial charge < -0.3 is 19.8 Å². The standard InChI is InChI=1S/C24H33Cl2N3O3/c1-18-17-27(12-8-22(18)30)10-2-3-11-28-14-15-29(13-9-24(28)32)23(31)7-5-19-4-6-20(25)21(26)16-19/h4-7,16,18,22,30H,2-3,8-15,17H2,1H3/b7-5+/t18-,22-/m0/s1. The lowest BCUT2D eigenvalue weighted by molar-refractivity contribution is -0.130. The predicted octanol–water partition coefficient (Wildman–Crippen LogP) is 3.55. The molecule has 0 bridgehead atoms. The fraction of sp³-hybridized carbons (Fsp3) is 0.583. The highest BCUT2D eigenvalue weighted by Crippen LogP contribution is 2.23. The minimum Gasteiger partial charge on any atom is -0.393 e. The van der Waals surface area contributed by atoms with Gasteiger partial charge in [0.15, 0.2) is 0 Å². The van der Waals surface area contributed by atoms with E-state index in [2.05, 4.69) is 11.8 Å². The van der Waals surface area contributed by atoms with E-state index in [-0.39, 0.29) is 17.9 Å². The van der Waals surface area contributed by atoms with Crippen LogP contribution >= 0.6 is 23.2 Å². The molecule has 1 aromatic rings. The number of unbranched alkanes of at least 4 members (excludes halogenated alkanes) is 1. The number of aliphatic hydroxyl groups excluding tert-OH is 1. The maximum atomic E-state index is 12.6. The summed E-state index contributed by atoms with van der Waals surface area (Å²) in [6.07, 6.45) is 6.24. The third-order valence-electron chi connectivity index (χ3n) is 6.36. The topological polar surface area (TPSA) is 64.1 Å². The summed E-state index contributed by atoms with van der Waals surface area (Å²) < 4.78 is 0. The first-order valence-electron chi connectivity index (χ1n) is 11.4. The van der Waals surface area contributed by atoms with Crippen LogP contribution in [0.2, 0.25) is 10.0 Å². The molecule has 0 spiro atoms. The highest BCUT2D eigenvalue weighted by Gasteiger charge is 2.24. The zero-order valence-electron chi connectivity index (χ0n) is 18.7. The minimum absolute atomic E-state index is 0.105. The normalized spacial score (nSPS) is 23.1. The molecule has 32 heavy (non-hydrogen) atoms. The third-order valence-corrected chi connectivity index (χ3v) is 7.10. The Bertz CT molecular complexity index is 833. The van der Waals surface area contributed by atoms with Crippen molar-refractivity contribution in [1.29, 1.82) is 0 Å². The van der Waals surface area contributed by atoms with Crippen molar-refractivity contribution in [3.63, 3.8) is 0 Å². The first-order valence-corrected chi connectivity index (χ1v) is 12.2. The Hall–Kier alpha value is -1.60. The van der Waals surface area contributed by atoms with Gasteiger partial charge in [-0.1, -0.05) is 36.2 Å². The number of hydrogen-bond donors (Lipinski definition) is 1. The van der Waals surface area contributed by atoms with Crippen molar-refractivity contribution in [2.45, 2.75) is 38.7 Å². The minimum atomic E-state index is -0.175. The number of carbonyl (C=O) groups excluding carboxylic acids is 2. The first kappa shape index (κ1) is 25.0. The van der Waals surface area contributed by atoms with Gasteiger partial charge in [0, 0.05) is 51.8 Å². The molecular formula is C24H33Cl2N3O3. The SMILES string of the molecule is C[C@H]1CN(CCCCN2CCN(C(=O)/C=C/c3ccc(Cl)c(Cl)c3)CCC2=O)CC[C@@H]1O. The van der Waals surface area contributed by atoms with Crippen LogP contribution in [-0.2, 0) is 9.59 Å². The van der Waals surface area contributed by atoms with E-state index < -0.39 is 0 Å². The molecule has 0 radical (unpaired) electrons. The Labute approximate surface area is 200 Å². The lowest BCUT2D eigenvalue weighted by atomic mass is 9.96. The molecule has 3 rings (SSSR count). The summed E-state index contributed by atoms with van der Waals surface area (Å²) in [5, 5.41) is 10.8. The Balaban J connectivity index is 1.41. The molecule has 8 heteroatoms. The predicted molar refractivity (Wildman–Crippen MR) is 129 cm³/mol. The molecule has 2 amide bonds. The molecule has 2 aliphatic heterocycles. The number of nitrogens with zero attached hydrogens (tertiary/aromatic N) is 3. The van der Waals surface area contributed by atoms with E-state index in [0.29, 0.717) is 42.0 Å². The Kier molecular flexibility index (Phi) is 9.41. The van der Waals surface area contributed by atoms with Crippen molar-refractivity contribution >= 4 is 41.1 Å². The number of rotatable bonds is 7. The number of aliphatic hydroxyl groups is 1. The van der Waals surface area contributed by atoms with Crippen molar-refractivity contribution in [2.24, 2.45) is 5.92 Å². The van der Waals surface area contributed by atoms with Gasteiger partial charge in [-0.15, -0.1) is 0 Å². The van der Waals surface area contributed by atoms with E-state index in [1.54, 1.807) is 29.2 Å². The van der Waals surface area contributed by atoms with Gasteiger partial charge in [-0.3, -0.25) is 9.59 Å². The maximum Gasteiger partial charge on any atom is 0.246 e. The van der Waals surface area contributed by atoms with Gasteiger partial charge in [0.2, 0.25) is 11.8 Å². The summed E-state index contributed by atoms with van der Waals surface area (Å²) in [5.74, 6) is 0.334. The number of piperidine rings is 1. The van der Waals surface area contributed by atoms with Crippen LogP contribution in [-0.4, -0.2) is 83.5 Å². The molecule has 0 aliphatic carbocycles. The van der Waals surface area contributed by atoms with E-state index in [9.17, 15) is 14.7 Å². The van der Waals surface area contributed by atoms with Crippen LogP contribution in [0.1, 0.15) is 38.2 Å². The molecule has 1 N–H and O–H groups in total. The van der Waals surface area contributed by atoms with Crippen LogP contribution < -0.4 is 0 Å². The number of hydrogen-bond acceptors (Lipinski definition) is 4. The molecule has 176 valence electrons. The molecule has 2 fully saturated rings. The molecule has 2 atom stereocenters. The average Bonchev–Trinajstić information content (AvgIpc) is 2.96. The van der Waals surface area contributed by atoms with Gasteiger partial charge in [-0.25, -0.2) is 0 Å². The second kappa shape index (κ2) is 12.0. The monoisotopic (exact) mass is 481 g/mol. The fourth-order valence-corrected chi connectivity index (χ4v) is 4.58. The zero-order chi connectivity index (χ0) is 23.1. The van der Waals surface area contributed by atoms with Gasteiger partial charge in [0.1, 0.15) is 0 Å². The Morgan fingerprint density at radius 1 is 1.12 bits per heavy atom. The van der Waals surface area contributed by atoms with E-state index >= 15 is 0 Å².